The molecule has 0 fully saturated rings. The Balaban J connectivity index is 3.41. The first-order chi connectivity index (χ1) is 8.19. The van der Waals surface area contributed by atoms with E-state index < -0.39 is 12.2 Å². The molecule has 1 rings (SSSR count). The van der Waals surface area contributed by atoms with Crippen molar-refractivity contribution in [3.63, 3.8) is 0 Å². The van der Waals surface area contributed by atoms with Gasteiger partial charge in [0.05, 0.1) is 27.0 Å². The molecule has 0 radical (unpaired) electrons. The Morgan fingerprint density at radius 2 is 2.06 bits per heavy atom. The maximum Gasteiger partial charge on any atom is 0.161 e. The summed E-state index contributed by atoms with van der Waals surface area (Å²) in [6.45, 7) is 4.06. The Labute approximate surface area is 115 Å². The molecular weight excluding hydrogens is 278 g/mol. The lowest BCUT2D eigenvalue weighted by molar-refractivity contribution is 0.101. The van der Waals surface area contributed by atoms with Crippen LogP contribution in [0, 0.1) is 0 Å². The van der Waals surface area contributed by atoms with Crippen LogP contribution in [0.15, 0.2) is 6.07 Å². The van der Waals surface area contributed by atoms with Crippen molar-refractivity contribution in [3.8, 4) is 0 Å². The second kappa shape index (κ2) is 5.33. The van der Waals surface area contributed by atoms with E-state index >= 15 is 0 Å². The average Bonchev–Trinajstić information content (AvgIpc) is 2.29. The third-order valence-electron chi connectivity index (χ3n) is 2.43. The Kier molecular flexibility index (Phi) is 4.46. The lowest BCUT2D eigenvalue weighted by Crippen LogP contribution is -2.34. The van der Waals surface area contributed by atoms with Gasteiger partial charge >= 0.3 is 0 Å². The fraction of sp³-hybridized carbons (Fsp3) is 0.417. The first-order valence-electron chi connectivity index (χ1n) is 5.32. The zero-order valence-electron chi connectivity index (χ0n) is 10.4. The van der Waals surface area contributed by atoms with E-state index in [1.54, 1.807) is 13.8 Å². The Morgan fingerprint density at radius 1 is 1.50 bits per heavy atom. The number of halogens is 3. The molecule has 0 spiro atoms. The van der Waals surface area contributed by atoms with Crippen LogP contribution in [0.2, 0.25) is 10.0 Å². The summed E-state index contributed by atoms with van der Waals surface area (Å²) in [4.78, 5) is 11.6. The Morgan fingerprint density at radius 3 is 2.50 bits per heavy atom. The highest BCUT2D eigenvalue weighted by atomic mass is 35.5. The van der Waals surface area contributed by atoms with Gasteiger partial charge in [-0.05, 0) is 26.8 Å². The fourth-order valence-electron chi connectivity index (χ4n) is 1.41. The van der Waals surface area contributed by atoms with Gasteiger partial charge in [-0.25, -0.2) is 4.39 Å². The molecule has 6 heteroatoms. The van der Waals surface area contributed by atoms with Gasteiger partial charge in [0.1, 0.15) is 6.67 Å². The zero-order valence-corrected chi connectivity index (χ0v) is 11.9. The predicted octanol–water partition coefficient (Wildman–Crippen LogP) is 3.94. The number of nitrogen functional groups attached to an aromatic ring is 1. The van der Waals surface area contributed by atoms with Crippen LogP contribution in [0.25, 0.3) is 0 Å². The molecular formula is C12H15Cl2FN2O. The van der Waals surface area contributed by atoms with Gasteiger partial charge in [0, 0.05) is 5.56 Å². The van der Waals surface area contributed by atoms with Crippen LogP contribution in [0.3, 0.4) is 0 Å². The number of carbonyl (C=O) groups is 1. The van der Waals surface area contributed by atoms with Crippen LogP contribution in [-0.2, 0) is 0 Å². The number of nitrogens with one attached hydrogen (secondary N) is 1. The molecule has 3 nitrogen and oxygen atoms in total. The summed E-state index contributed by atoms with van der Waals surface area (Å²) >= 11 is 11.9. The number of carbonyl (C=O) groups excluding carboxylic acids is 1. The summed E-state index contributed by atoms with van der Waals surface area (Å²) in [7, 11) is 0. The molecule has 0 aliphatic carbocycles. The molecule has 0 unspecified atom stereocenters. The van der Waals surface area contributed by atoms with E-state index in [1.165, 1.54) is 13.0 Å². The molecule has 18 heavy (non-hydrogen) atoms. The Bertz CT molecular complexity index is 489. The molecule has 0 aliphatic heterocycles. The third kappa shape index (κ3) is 3.06. The number of benzene rings is 1. The number of nitrogens with two attached hydrogens (primary N) is 1. The minimum atomic E-state index is -0.853. The van der Waals surface area contributed by atoms with Gasteiger partial charge < -0.3 is 11.1 Å². The molecule has 0 heterocycles. The van der Waals surface area contributed by atoms with Gasteiger partial charge in [0.25, 0.3) is 0 Å². The molecule has 0 atom stereocenters. The van der Waals surface area contributed by atoms with Crippen LogP contribution in [0.5, 0.6) is 0 Å². The highest BCUT2D eigenvalue weighted by molar-refractivity contribution is 6.41. The highest BCUT2D eigenvalue weighted by Gasteiger charge is 2.23. The smallest absolute Gasteiger partial charge is 0.161 e. The summed E-state index contributed by atoms with van der Waals surface area (Å²) in [6, 6.07) is 1.43. The first kappa shape index (κ1) is 15.1. The number of hydrogen-bond acceptors (Lipinski definition) is 3. The van der Waals surface area contributed by atoms with Gasteiger partial charge in [-0.15, -0.1) is 0 Å². The van der Waals surface area contributed by atoms with Crippen molar-refractivity contribution in [2.45, 2.75) is 26.3 Å². The van der Waals surface area contributed by atoms with Gasteiger partial charge in [-0.2, -0.15) is 0 Å². The van der Waals surface area contributed by atoms with Crippen molar-refractivity contribution in [3.05, 3.63) is 21.7 Å². The Hall–Kier alpha value is -1.00. The van der Waals surface area contributed by atoms with Gasteiger partial charge in [-0.3, -0.25) is 4.79 Å². The number of Topliss-reactive ketones (excluding diaryl/α,β-unsaturated/α-hetero) is 1. The number of alkyl halides is 1. The highest BCUT2D eigenvalue weighted by Crippen LogP contribution is 2.38. The SMILES string of the molecule is CC(=O)c1cc(Cl)c(N)c(Cl)c1NC(C)(C)CF. The van der Waals surface area contributed by atoms with E-state index in [9.17, 15) is 9.18 Å². The first-order valence-corrected chi connectivity index (χ1v) is 6.07. The van der Waals surface area contributed by atoms with E-state index in [0.29, 0.717) is 11.3 Å². The molecule has 1 aromatic rings. The topological polar surface area (TPSA) is 55.1 Å². The van der Waals surface area contributed by atoms with Crippen LogP contribution < -0.4 is 11.1 Å². The van der Waals surface area contributed by atoms with E-state index in [1.807, 2.05) is 0 Å². The van der Waals surface area contributed by atoms with Crippen LogP contribution in [-0.4, -0.2) is 18.0 Å². The maximum absolute atomic E-state index is 12.9. The summed E-state index contributed by atoms with van der Waals surface area (Å²) in [5.41, 5.74) is 5.62. The summed E-state index contributed by atoms with van der Waals surface area (Å²) in [5.74, 6) is -0.226. The fourth-order valence-corrected chi connectivity index (χ4v) is 1.91. The summed E-state index contributed by atoms with van der Waals surface area (Å²) in [5, 5.41) is 3.22. The van der Waals surface area contributed by atoms with E-state index in [-0.39, 0.29) is 21.5 Å². The maximum atomic E-state index is 12.9. The minimum Gasteiger partial charge on any atom is -0.396 e. The van der Waals surface area contributed by atoms with Crippen molar-refractivity contribution in [2.75, 3.05) is 17.7 Å². The van der Waals surface area contributed by atoms with Crippen molar-refractivity contribution in [1.82, 2.24) is 0 Å². The molecule has 0 amide bonds. The largest absolute Gasteiger partial charge is 0.396 e. The molecule has 0 saturated carbocycles. The van der Waals surface area contributed by atoms with Crippen molar-refractivity contribution in [1.29, 1.82) is 0 Å². The zero-order chi connectivity index (χ0) is 14.1. The van der Waals surface area contributed by atoms with Gasteiger partial charge in [0.15, 0.2) is 5.78 Å². The monoisotopic (exact) mass is 292 g/mol. The van der Waals surface area contributed by atoms with Crippen molar-refractivity contribution in [2.24, 2.45) is 0 Å². The van der Waals surface area contributed by atoms with Gasteiger partial charge in [0.2, 0.25) is 0 Å². The standard InChI is InChI=1S/C12H15Cl2FN2O/c1-6(18)7-4-8(13)10(16)9(14)11(7)17-12(2,3)5-15/h4,17H,5,16H2,1-3H3. The van der Waals surface area contributed by atoms with E-state index in [0.717, 1.165) is 0 Å². The number of hydrogen-bond donors (Lipinski definition) is 2. The molecule has 3 N–H and O–H groups in total. The number of rotatable bonds is 4. The van der Waals surface area contributed by atoms with Crippen molar-refractivity contribution >= 4 is 40.4 Å². The van der Waals surface area contributed by atoms with E-state index in [2.05, 4.69) is 5.32 Å². The molecule has 0 aromatic heterocycles. The minimum absolute atomic E-state index is 0.134. The summed E-state index contributed by atoms with van der Waals surface area (Å²) < 4.78 is 12.9. The number of anilines is 2. The number of ketones is 1. The lowest BCUT2D eigenvalue weighted by Gasteiger charge is -2.26. The second-order valence-corrected chi connectivity index (χ2v) is 5.49. The quantitative estimate of drug-likeness (QED) is 0.653. The third-order valence-corrected chi connectivity index (χ3v) is 3.14. The van der Waals surface area contributed by atoms with Crippen LogP contribution in [0.1, 0.15) is 31.1 Å². The molecule has 0 saturated heterocycles. The van der Waals surface area contributed by atoms with Crippen molar-refractivity contribution < 1.29 is 9.18 Å². The molecule has 1 aromatic carbocycles. The second-order valence-electron chi connectivity index (χ2n) is 4.71. The average molecular weight is 293 g/mol. The van der Waals surface area contributed by atoms with Crippen LogP contribution in [0.4, 0.5) is 15.8 Å². The normalized spacial score (nSPS) is 11.4. The summed E-state index contributed by atoms with van der Waals surface area (Å²) in [6.07, 6.45) is 0. The van der Waals surface area contributed by atoms with Crippen LogP contribution >= 0.6 is 23.2 Å². The van der Waals surface area contributed by atoms with Gasteiger partial charge in [-0.1, -0.05) is 23.2 Å². The lowest BCUT2D eigenvalue weighted by atomic mass is 10.0. The molecule has 0 aliphatic rings. The predicted molar refractivity (Wildman–Crippen MR) is 74.6 cm³/mol. The molecule has 0 bridgehead atoms. The molecule has 100 valence electrons. The van der Waals surface area contributed by atoms with E-state index in [4.69, 9.17) is 28.9 Å².